The minimum Gasteiger partial charge on any atom is -0.319 e. The number of ketones is 1. The predicted molar refractivity (Wildman–Crippen MR) is 70.8 cm³/mol. The Hall–Kier alpha value is -2.20. The third-order valence-electron chi connectivity index (χ3n) is 2.40. The first-order valence-corrected chi connectivity index (χ1v) is 5.81. The zero-order valence-corrected chi connectivity index (χ0v) is 10.4. The molecule has 1 N–H and O–H groups in total. The van der Waals surface area contributed by atoms with E-state index in [1.165, 1.54) is 42.5 Å². The van der Waals surface area contributed by atoms with Crippen molar-refractivity contribution in [1.29, 1.82) is 0 Å². The van der Waals surface area contributed by atoms with Gasteiger partial charge in [-0.2, -0.15) is 0 Å². The summed E-state index contributed by atoms with van der Waals surface area (Å²) < 4.78 is 12.9. The first-order valence-electron chi connectivity index (χ1n) is 5.43. The van der Waals surface area contributed by atoms with E-state index >= 15 is 0 Å². The molecule has 19 heavy (non-hydrogen) atoms. The number of hydrogen-bond donors (Lipinski definition) is 1. The van der Waals surface area contributed by atoms with Crippen molar-refractivity contribution < 1.29 is 14.0 Å². The number of nitrogens with one attached hydrogen (secondary N) is 1. The number of carbonyl (C=O) groups is 2. The van der Waals surface area contributed by atoms with Crippen LogP contribution in [-0.4, -0.2) is 11.7 Å². The van der Waals surface area contributed by atoms with Crippen LogP contribution in [0.5, 0.6) is 0 Å². The Balaban J connectivity index is 2.12. The van der Waals surface area contributed by atoms with Gasteiger partial charge in [0, 0.05) is 16.3 Å². The molecule has 0 bridgehead atoms. The Morgan fingerprint density at radius 3 is 2.37 bits per heavy atom. The molecule has 1 amide bonds. The van der Waals surface area contributed by atoms with Crippen LogP contribution in [0, 0.1) is 5.82 Å². The minimum atomic E-state index is -0.826. The molecule has 0 aliphatic rings. The molecular weight excluding hydrogens is 269 g/mol. The average molecular weight is 278 g/mol. The standard InChI is InChI=1S/C14H9ClFNO2/c15-10-6-4-9(5-7-10)13(18)14(19)17-12-3-1-2-11(16)8-12/h1-8H,(H,17,19). The van der Waals surface area contributed by atoms with Crippen molar-refractivity contribution in [2.24, 2.45) is 0 Å². The van der Waals surface area contributed by atoms with Crippen molar-refractivity contribution >= 4 is 29.0 Å². The van der Waals surface area contributed by atoms with Crippen molar-refractivity contribution in [3.05, 3.63) is 64.9 Å². The fourth-order valence-corrected chi connectivity index (χ4v) is 1.61. The van der Waals surface area contributed by atoms with Gasteiger partial charge in [-0.15, -0.1) is 0 Å². The second kappa shape index (κ2) is 5.63. The highest BCUT2D eigenvalue weighted by Gasteiger charge is 2.16. The Morgan fingerprint density at radius 1 is 1.05 bits per heavy atom. The summed E-state index contributed by atoms with van der Waals surface area (Å²) in [5.41, 5.74) is 0.450. The van der Waals surface area contributed by atoms with Crippen molar-refractivity contribution in [2.45, 2.75) is 0 Å². The normalized spacial score (nSPS) is 10.0. The van der Waals surface area contributed by atoms with Gasteiger partial charge >= 0.3 is 0 Å². The third kappa shape index (κ3) is 3.39. The molecule has 0 aliphatic carbocycles. The number of hydrogen-bond acceptors (Lipinski definition) is 2. The van der Waals surface area contributed by atoms with Gasteiger partial charge in [-0.3, -0.25) is 9.59 Å². The Labute approximate surface area is 114 Å². The van der Waals surface area contributed by atoms with Gasteiger partial charge in [0.05, 0.1) is 0 Å². The number of carbonyl (C=O) groups excluding carboxylic acids is 2. The monoisotopic (exact) mass is 277 g/mol. The maximum absolute atomic E-state index is 12.9. The average Bonchev–Trinajstić information content (AvgIpc) is 2.39. The van der Waals surface area contributed by atoms with Crippen LogP contribution in [0.2, 0.25) is 5.02 Å². The number of rotatable bonds is 3. The summed E-state index contributed by atoms with van der Waals surface area (Å²) >= 11 is 5.69. The van der Waals surface area contributed by atoms with Gasteiger partial charge < -0.3 is 5.32 Å². The van der Waals surface area contributed by atoms with Gasteiger partial charge in [-0.05, 0) is 42.5 Å². The van der Waals surface area contributed by atoms with E-state index in [2.05, 4.69) is 5.32 Å². The quantitative estimate of drug-likeness (QED) is 0.691. The van der Waals surface area contributed by atoms with E-state index in [1.807, 2.05) is 0 Å². The van der Waals surface area contributed by atoms with Crippen molar-refractivity contribution in [3.8, 4) is 0 Å². The van der Waals surface area contributed by atoms with Crippen LogP contribution < -0.4 is 5.32 Å². The third-order valence-corrected chi connectivity index (χ3v) is 2.65. The van der Waals surface area contributed by atoms with Gasteiger partial charge in [-0.25, -0.2) is 4.39 Å². The molecule has 5 heteroatoms. The second-order valence-electron chi connectivity index (χ2n) is 3.80. The van der Waals surface area contributed by atoms with Crippen molar-refractivity contribution in [1.82, 2.24) is 0 Å². The Kier molecular flexibility index (Phi) is 3.92. The zero-order valence-electron chi connectivity index (χ0n) is 9.69. The van der Waals surface area contributed by atoms with E-state index in [1.54, 1.807) is 0 Å². The highest BCUT2D eigenvalue weighted by atomic mass is 35.5. The van der Waals surface area contributed by atoms with E-state index in [9.17, 15) is 14.0 Å². The van der Waals surface area contributed by atoms with Gasteiger partial charge in [-0.1, -0.05) is 17.7 Å². The molecule has 0 aliphatic heterocycles. The van der Waals surface area contributed by atoms with Crippen LogP contribution in [0.3, 0.4) is 0 Å². The fourth-order valence-electron chi connectivity index (χ4n) is 1.49. The molecule has 0 spiro atoms. The van der Waals surface area contributed by atoms with Crippen LogP contribution in [0.15, 0.2) is 48.5 Å². The first kappa shape index (κ1) is 13.2. The lowest BCUT2D eigenvalue weighted by Gasteiger charge is -2.04. The summed E-state index contributed by atoms with van der Waals surface area (Å²) in [5, 5.41) is 2.81. The van der Waals surface area contributed by atoms with Crippen LogP contribution in [-0.2, 0) is 4.79 Å². The van der Waals surface area contributed by atoms with Crippen LogP contribution >= 0.6 is 11.6 Å². The SMILES string of the molecule is O=C(Nc1cccc(F)c1)C(=O)c1ccc(Cl)cc1. The zero-order chi connectivity index (χ0) is 13.8. The fraction of sp³-hybridized carbons (Fsp3) is 0. The van der Waals surface area contributed by atoms with E-state index in [0.29, 0.717) is 5.02 Å². The van der Waals surface area contributed by atoms with E-state index < -0.39 is 17.5 Å². The number of benzene rings is 2. The molecule has 0 saturated carbocycles. The lowest BCUT2D eigenvalue weighted by Crippen LogP contribution is -2.22. The molecular formula is C14H9ClFNO2. The first-order chi connectivity index (χ1) is 9.06. The van der Waals surface area contributed by atoms with Gasteiger partial charge in [0.2, 0.25) is 0 Å². The maximum Gasteiger partial charge on any atom is 0.296 e. The molecule has 2 rings (SSSR count). The van der Waals surface area contributed by atoms with Crippen molar-refractivity contribution in [2.75, 3.05) is 5.32 Å². The topological polar surface area (TPSA) is 46.2 Å². The number of amides is 1. The summed E-state index contributed by atoms with van der Waals surface area (Å²) in [4.78, 5) is 23.5. The summed E-state index contributed by atoms with van der Waals surface area (Å²) in [6, 6.07) is 11.3. The number of halogens is 2. The lowest BCUT2D eigenvalue weighted by atomic mass is 10.1. The lowest BCUT2D eigenvalue weighted by molar-refractivity contribution is -0.112. The minimum absolute atomic E-state index is 0.221. The van der Waals surface area contributed by atoms with Crippen LogP contribution in [0.4, 0.5) is 10.1 Å². The molecule has 0 unspecified atom stereocenters. The molecule has 0 fully saturated rings. The smallest absolute Gasteiger partial charge is 0.296 e. The van der Waals surface area contributed by atoms with Gasteiger partial charge in [0.25, 0.3) is 11.7 Å². The largest absolute Gasteiger partial charge is 0.319 e. The highest BCUT2D eigenvalue weighted by Crippen LogP contribution is 2.12. The predicted octanol–water partition coefficient (Wildman–Crippen LogP) is 3.30. The molecule has 0 radical (unpaired) electrons. The molecule has 0 heterocycles. The van der Waals surface area contributed by atoms with E-state index in [-0.39, 0.29) is 11.3 Å². The Morgan fingerprint density at radius 2 is 1.74 bits per heavy atom. The highest BCUT2D eigenvalue weighted by molar-refractivity contribution is 6.46. The number of Topliss-reactive ketones (excluding diaryl/α,β-unsaturated/α-hetero) is 1. The Bertz CT molecular complexity index is 626. The summed E-state index contributed by atoms with van der Waals surface area (Å²) in [6.45, 7) is 0. The summed E-state index contributed by atoms with van der Waals surface area (Å²) in [5.74, 6) is -2.02. The molecule has 96 valence electrons. The van der Waals surface area contributed by atoms with E-state index in [4.69, 9.17) is 11.6 Å². The molecule has 3 nitrogen and oxygen atoms in total. The van der Waals surface area contributed by atoms with Crippen LogP contribution in [0.25, 0.3) is 0 Å². The van der Waals surface area contributed by atoms with Gasteiger partial charge in [0.15, 0.2) is 0 Å². The molecule has 2 aromatic carbocycles. The summed E-state index contributed by atoms with van der Waals surface area (Å²) in [7, 11) is 0. The summed E-state index contributed by atoms with van der Waals surface area (Å²) in [6.07, 6.45) is 0. The second-order valence-corrected chi connectivity index (χ2v) is 4.24. The van der Waals surface area contributed by atoms with Crippen LogP contribution in [0.1, 0.15) is 10.4 Å². The van der Waals surface area contributed by atoms with Crippen molar-refractivity contribution in [3.63, 3.8) is 0 Å². The molecule has 2 aromatic rings. The number of anilines is 1. The molecule has 0 atom stereocenters. The maximum atomic E-state index is 12.9. The molecule has 0 saturated heterocycles. The van der Waals surface area contributed by atoms with E-state index in [0.717, 1.165) is 6.07 Å². The molecule has 0 aromatic heterocycles. The van der Waals surface area contributed by atoms with Gasteiger partial charge in [0.1, 0.15) is 5.82 Å².